The van der Waals surface area contributed by atoms with Crippen LogP contribution < -0.4 is 10.3 Å². The van der Waals surface area contributed by atoms with E-state index in [4.69, 9.17) is 9.47 Å². The average molecular weight is 381 g/mol. The second kappa shape index (κ2) is 6.81. The van der Waals surface area contributed by atoms with Crippen LogP contribution in [-0.2, 0) is 11.3 Å². The van der Waals surface area contributed by atoms with Gasteiger partial charge in [-0.15, -0.1) is 0 Å². The molecule has 0 N–H and O–H groups in total. The van der Waals surface area contributed by atoms with Gasteiger partial charge in [-0.3, -0.25) is 4.79 Å². The van der Waals surface area contributed by atoms with Crippen molar-refractivity contribution >= 4 is 33.0 Å². The summed E-state index contributed by atoms with van der Waals surface area (Å²) in [6.45, 7) is 1.71. The molecule has 0 saturated heterocycles. The van der Waals surface area contributed by atoms with Crippen molar-refractivity contribution in [1.29, 1.82) is 0 Å². The van der Waals surface area contributed by atoms with Gasteiger partial charge in [0.15, 0.2) is 5.01 Å². The minimum absolute atomic E-state index is 0.0360. The van der Waals surface area contributed by atoms with Crippen molar-refractivity contribution < 1.29 is 14.3 Å². The molecular weight excluding hydrogens is 366 g/mol. The molecule has 0 fully saturated rings. The van der Waals surface area contributed by atoms with Gasteiger partial charge in [0.2, 0.25) is 4.96 Å². The number of benzene rings is 2. The molecule has 2 heterocycles. The van der Waals surface area contributed by atoms with E-state index in [0.29, 0.717) is 27.0 Å². The van der Waals surface area contributed by atoms with Crippen LogP contribution in [0, 0.1) is 6.92 Å². The molecule has 7 nitrogen and oxygen atoms in total. The van der Waals surface area contributed by atoms with Crippen LogP contribution in [-0.4, -0.2) is 27.7 Å². The lowest BCUT2D eigenvalue weighted by molar-refractivity contribution is 0.0474. The van der Waals surface area contributed by atoms with E-state index in [-0.39, 0.29) is 12.2 Å². The third-order valence-corrected chi connectivity index (χ3v) is 4.95. The largest absolute Gasteiger partial charge is 0.496 e. The van der Waals surface area contributed by atoms with Gasteiger partial charge in [-0.2, -0.15) is 9.61 Å². The summed E-state index contributed by atoms with van der Waals surface area (Å²) in [6, 6.07) is 12.3. The summed E-state index contributed by atoms with van der Waals surface area (Å²) in [4.78, 5) is 29.3. The van der Waals surface area contributed by atoms with E-state index in [9.17, 15) is 9.59 Å². The molecule has 0 spiro atoms. The Morgan fingerprint density at radius 3 is 2.74 bits per heavy atom. The molecule has 0 aliphatic heterocycles. The summed E-state index contributed by atoms with van der Waals surface area (Å²) in [5.41, 5.74) is 0.808. The predicted molar refractivity (Wildman–Crippen MR) is 101 cm³/mol. The maximum atomic E-state index is 12.6. The Morgan fingerprint density at radius 1 is 1.19 bits per heavy atom. The zero-order valence-electron chi connectivity index (χ0n) is 14.6. The number of aromatic nitrogens is 3. The lowest BCUT2D eigenvalue weighted by Crippen LogP contribution is -2.14. The van der Waals surface area contributed by atoms with E-state index in [1.165, 1.54) is 21.9 Å². The highest BCUT2D eigenvalue weighted by molar-refractivity contribution is 7.16. The Balaban J connectivity index is 1.61. The number of esters is 1. The summed E-state index contributed by atoms with van der Waals surface area (Å²) in [5.74, 6) is 0.221. The van der Waals surface area contributed by atoms with Crippen LogP contribution in [0.15, 0.2) is 47.3 Å². The number of ether oxygens (including phenoxy) is 2. The standard InChI is InChI=1S/C19H15N3O4S/c1-11-9-17(23)22-19(20-11)27-16(21-22)10-26-18(24)14-7-8-15(25-2)13-6-4-3-5-12(13)14/h3-9H,10H2,1-2H3. The molecular formula is C19H15N3O4S. The summed E-state index contributed by atoms with van der Waals surface area (Å²) in [5, 5.41) is 6.25. The van der Waals surface area contributed by atoms with Gasteiger partial charge in [-0.1, -0.05) is 35.6 Å². The first kappa shape index (κ1) is 17.2. The van der Waals surface area contributed by atoms with Gasteiger partial charge < -0.3 is 9.47 Å². The molecule has 4 rings (SSSR count). The number of nitrogens with zero attached hydrogens (tertiary/aromatic N) is 3. The Labute approximate surface area is 157 Å². The molecule has 0 amide bonds. The highest BCUT2D eigenvalue weighted by atomic mass is 32.1. The maximum absolute atomic E-state index is 12.6. The molecule has 2 aromatic carbocycles. The van der Waals surface area contributed by atoms with Crippen molar-refractivity contribution in [3.63, 3.8) is 0 Å². The normalized spacial score (nSPS) is 11.0. The minimum Gasteiger partial charge on any atom is -0.496 e. The first-order chi connectivity index (χ1) is 13.1. The van der Waals surface area contributed by atoms with E-state index >= 15 is 0 Å². The summed E-state index contributed by atoms with van der Waals surface area (Å²) >= 11 is 1.22. The van der Waals surface area contributed by atoms with Crippen LogP contribution in [0.4, 0.5) is 0 Å². The molecule has 2 aromatic heterocycles. The van der Waals surface area contributed by atoms with Gasteiger partial charge in [0.05, 0.1) is 12.7 Å². The van der Waals surface area contributed by atoms with E-state index in [1.54, 1.807) is 26.2 Å². The third-order valence-electron chi connectivity index (χ3n) is 4.07. The van der Waals surface area contributed by atoms with Crippen LogP contribution in [0.25, 0.3) is 15.7 Å². The average Bonchev–Trinajstić information content (AvgIpc) is 3.08. The second-order valence-electron chi connectivity index (χ2n) is 5.86. The number of carbonyl (C=O) groups is 1. The first-order valence-corrected chi connectivity index (χ1v) is 8.98. The number of hydrogen-bond acceptors (Lipinski definition) is 7. The first-order valence-electron chi connectivity index (χ1n) is 8.16. The van der Waals surface area contributed by atoms with Crippen molar-refractivity contribution in [3.8, 4) is 5.75 Å². The summed E-state index contributed by atoms with van der Waals surface area (Å²) < 4.78 is 12.0. The van der Waals surface area contributed by atoms with Crippen molar-refractivity contribution in [2.75, 3.05) is 7.11 Å². The van der Waals surface area contributed by atoms with Crippen molar-refractivity contribution in [2.45, 2.75) is 13.5 Å². The summed E-state index contributed by atoms with van der Waals surface area (Å²) in [6.07, 6.45) is 0. The Bertz CT molecular complexity index is 1230. The van der Waals surface area contributed by atoms with Gasteiger partial charge in [-0.25, -0.2) is 9.78 Å². The molecule has 0 unspecified atom stereocenters. The van der Waals surface area contributed by atoms with Crippen LogP contribution in [0.3, 0.4) is 0 Å². The number of aryl methyl sites for hydroxylation is 1. The van der Waals surface area contributed by atoms with Gasteiger partial charge >= 0.3 is 5.97 Å². The summed E-state index contributed by atoms with van der Waals surface area (Å²) in [7, 11) is 1.59. The van der Waals surface area contributed by atoms with Gasteiger partial charge in [-0.05, 0) is 24.4 Å². The van der Waals surface area contributed by atoms with Crippen LogP contribution in [0.1, 0.15) is 21.1 Å². The van der Waals surface area contributed by atoms with E-state index in [0.717, 1.165) is 10.8 Å². The van der Waals surface area contributed by atoms with Gasteiger partial charge in [0, 0.05) is 17.1 Å². The number of fused-ring (bicyclic) bond motifs is 2. The molecule has 0 atom stereocenters. The third kappa shape index (κ3) is 3.15. The maximum Gasteiger partial charge on any atom is 0.339 e. The van der Waals surface area contributed by atoms with Crippen molar-refractivity contribution in [1.82, 2.24) is 14.6 Å². The monoisotopic (exact) mass is 381 g/mol. The molecule has 0 radical (unpaired) electrons. The quantitative estimate of drug-likeness (QED) is 0.506. The Morgan fingerprint density at radius 2 is 1.96 bits per heavy atom. The number of methoxy groups -OCH3 is 1. The molecule has 27 heavy (non-hydrogen) atoms. The van der Waals surface area contributed by atoms with Crippen LogP contribution >= 0.6 is 11.3 Å². The van der Waals surface area contributed by atoms with E-state index < -0.39 is 5.97 Å². The zero-order valence-corrected chi connectivity index (χ0v) is 15.4. The Kier molecular flexibility index (Phi) is 4.33. The highest BCUT2D eigenvalue weighted by Crippen LogP contribution is 2.29. The SMILES string of the molecule is COc1ccc(C(=O)OCc2nn3c(=O)cc(C)nc3s2)c2ccccc12. The minimum atomic E-state index is -0.468. The van der Waals surface area contributed by atoms with Crippen LogP contribution in [0.2, 0.25) is 0 Å². The molecule has 0 bridgehead atoms. The molecule has 8 heteroatoms. The molecule has 136 valence electrons. The topological polar surface area (TPSA) is 82.8 Å². The fraction of sp³-hybridized carbons (Fsp3) is 0.158. The van der Waals surface area contributed by atoms with E-state index in [1.807, 2.05) is 24.3 Å². The van der Waals surface area contributed by atoms with Crippen molar-refractivity contribution in [2.24, 2.45) is 0 Å². The molecule has 4 aromatic rings. The zero-order chi connectivity index (χ0) is 19.0. The highest BCUT2D eigenvalue weighted by Gasteiger charge is 2.15. The van der Waals surface area contributed by atoms with Gasteiger partial charge in [0.25, 0.3) is 5.56 Å². The number of hydrogen-bond donors (Lipinski definition) is 0. The lowest BCUT2D eigenvalue weighted by Gasteiger charge is -2.09. The lowest BCUT2D eigenvalue weighted by atomic mass is 10.0. The number of carbonyl (C=O) groups excluding carboxylic acids is 1. The van der Waals surface area contributed by atoms with Gasteiger partial charge in [0.1, 0.15) is 12.4 Å². The van der Waals surface area contributed by atoms with E-state index in [2.05, 4.69) is 10.1 Å². The fourth-order valence-electron chi connectivity index (χ4n) is 2.85. The fourth-order valence-corrected chi connectivity index (χ4v) is 3.71. The van der Waals surface area contributed by atoms with Crippen LogP contribution in [0.5, 0.6) is 5.75 Å². The second-order valence-corrected chi connectivity index (χ2v) is 6.90. The molecule has 0 saturated carbocycles. The smallest absolute Gasteiger partial charge is 0.339 e. The molecule has 0 aliphatic carbocycles. The predicted octanol–water partition coefficient (Wildman–Crippen LogP) is 2.98. The molecule has 0 aliphatic rings. The Hall–Kier alpha value is -3.26. The van der Waals surface area contributed by atoms with Crippen molar-refractivity contribution in [3.05, 3.63) is 69.1 Å². The number of rotatable bonds is 4.